The highest BCUT2D eigenvalue weighted by Gasteiger charge is 2.10. The molecule has 0 spiro atoms. The van der Waals surface area contributed by atoms with Gasteiger partial charge in [-0.3, -0.25) is 14.2 Å². The van der Waals surface area contributed by atoms with Crippen LogP contribution in [-0.2, 0) is 13.6 Å². The molecule has 0 amide bonds. The van der Waals surface area contributed by atoms with Gasteiger partial charge in [0.05, 0.1) is 11.9 Å². The number of hydrogen-bond acceptors (Lipinski definition) is 2. The Morgan fingerprint density at radius 3 is 3.00 bits per heavy atom. The first-order chi connectivity index (χ1) is 7.15. The third-order valence-electron chi connectivity index (χ3n) is 2.27. The van der Waals surface area contributed by atoms with Gasteiger partial charge in [0.2, 0.25) is 0 Å². The number of fused-ring (bicyclic) bond motifs is 1. The molecule has 15 heavy (non-hydrogen) atoms. The average molecular weight is 224 g/mol. The van der Waals surface area contributed by atoms with E-state index in [9.17, 15) is 4.79 Å². The van der Waals surface area contributed by atoms with Gasteiger partial charge >= 0.3 is 0 Å². The maximum atomic E-state index is 11.8. The highest BCUT2D eigenvalue weighted by atomic mass is 35.5. The standard InChI is InChI=1S/C10H10ClN3O/c1-3-6-14-9-7(10(15)13(14)2)4-5-8(11)12-9/h3-5H,1,6H2,2H3. The third kappa shape index (κ3) is 1.47. The zero-order valence-corrected chi connectivity index (χ0v) is 9.03. The molecule has 0 unspecified atom stereocenters. The predicted octanol–water partition coefficient (Wildman–Crippen LogP) is 1.57. The second kappa shape index (κ2) is 3.55. The van der Waals surface area contributed by atoms with Crippen molar-refractivity contribution >= 4 is 22.6 Å². The van der Waals surface area contributed by atoms with Crippen LogP contribution in [0.1, 0.15) is 0 Å². The van der Waals surface area contributed by atoms with Gasteiger partial charge < -0.3 is 0 Å². The molecule has 0 bridgehead atoms. The van der Waals surface area contributed by atoms with Gasteiger partial charge in [0.25, 0.3) is 5.56 Å². The second-order valence-corrected chi connectivity index (χ2v) is 3.59. The topological polar surface area (TPSA) is 39.8 Å². The lowest BCUT2D eigenvalue weighted by Crippen LogP contribution is -2.18. The van der Waals surface area contributed by atoms with E-state index < -0.39 is 0 Å². The van der Waals surface area contributed by atoms with E-state index >= 15 is 0 Å². The number of halogens is 1. The molecule has 0 saturated carbocycles. The Kier molecular flexibility index (Phi) is 2.36. The minimum Gasteiger partial charge on any atom is -0.267 e. The van der Waals surface area contributed by atoms with Crippen LogP contribution in [0.5, 0.6) is 0 Å². The van der Waals surface area contributed by atoms with E-state index in [1.807, 2.05) is 0 Å². The van der Waals surface area contributed by atoms with Gasteiger partial charge in [-0.25, -0.2) is 4.98 Å². The summed E-state index contributed by atoms with van der Waals surface area (Å²) in [4.78, 5) is 15.9. The van der Waals surface area contributed by atoms with Crippen molar-refractivity contribution in [2.75, 3.05) is 0 Å². The summed E-state index contributed by atoms with van der Waals surface area (Å²) >= 11 is 5.79. The molecule has 2 rings (SSSR count). The van der Waals surface area contributed by atoms with Gasteiger partial charge in [0.15, 0.2) is 5.65 Å². The molecule has 2 aromatic rings. The van der Waals surface area contributed by atoms with Gasteiger partial charge in [0, 0.05) is 7.05 Å². The molecule has 0 aliphatic heterocycles. The largest absolute Gasteiger partial charge is 0.275 e. The zero-order valence-electron chi connectivity index (χ0n) is 8.27. The van der Waals surface area contributed by atoms with Crippen LogP contribution in [0.25, 0.3) is 11.0 Å². The van der Waals surface area contributed by atoms with Crippen LogP contribution in [0.2, 0.25) is 5.15 Å². The van der Waals surface area contributed by atoms with E-state index in [2.05, 4.69) is 11.6 Å². The Morgan fingerprint density at radius 1 is 1.60 bits per heavy atom. The van der Waals surface area contributed by atoms with Crippen molar-refractivity contribution in [2.45, 2.75) is 6.54 Å². The Morgan fingerprint density at radius 2 is 2.33 bits per heavy atom. The van der Waals surface area contributed by atoms with Crippen molar-refractivity contribution in [3.63, 3.8) is 0 Å². The lowest BCUT2D eigenvalue weighted by molar-refractivity contribution is 0.558. The van der Waals surface area contributed by atoms with Gasteiger partial charge in [0.1, 0.15) is 5.15 Å². The first-order valence-electron chi connectivity index (χ1n) is 4.48. The van der Waals surface area contributed by atoms with Crippen LogP contribution in [0, 0.1) is 0 Å². The van der Waals surface area contributed by atoms with Crippen molar-refractivity contribution < 1.29 is 0 Å². The van der Waals surface area contributed by atoms with Crippen LogP contribution in [0.4, 0.5) is 0 Å². The monoisotopic (exact) mass is 223 g/mol. The van der Waals surface area contributed by atoms with Crippen molar-refractivity contribution in [3.8, 4) is 0 Å². The van der Waals surface area contributed by atoms with Crippen LogP contribution in [0.3, 0.4) is 0 Å². The summed E-state index contributed by atoms with van der Waals surface area (Å²) in [6, 6.07) is 3.30. The number of rotatable bonds is 2. The number of hydrogen-bond donors (Lipinski definition) is 0. The molecular weight excluding hydrogens is 214 g/mol. The van der Waals surface area contributed by atoms with Crippen LogP contribution >= 0.6 is 11.6 Å². The molecule has 0 N–H and O–H groups in total. The van der Waals surface area contributed by atoms with Gasteiger partial charge in [-0.15, -0.1) is 6.58 Å². The summed E-state index contributed by atoms with van der Waals surface area (Å²) in [6.07, 6.45) is 1.71. The maximum absolute atomic E-state index is 11.8. The smallest absolute Gasteiger partial charge is 0.267 e. The Bertz CT molecular complexity index is 582. The first kappa shape index (κ1) is 9.98. The summed E-state index contributed by atoms with van der Waals surface area (Å²) < 4.78 is 3.24. The van der Waals surface area contributed by atoms with Crippen LogP contribution in [0.15, 0.2) is 29.6 Å². The summed E-state index contributed by atoms with van der Waals surface area (Å²) in [5, 5.41) is 0.953. The van der Waals surface area contributed by atoms with Gasteiger partial charge in [-0.2, -0.15) is 0 Å². The summed E-state index contributed by atoms with van der Waals surface area (Å²) in [5.41, 5.74) is 0.519. The van der Waals surface area contributed by atoms with Crippen LogP contribution in [-0.4, -0.2) is 14.3 Å². The number of nitrogens with zero attached hydrogens (tertiary/aromatic N) is 3. The van der Waals surface area contributed by atoms with Crippen LogP contribution < -0.4 is 5.56 Å². The third-order valence-corrected chi connectivity index (χ3v) is 2.48. The fourth-order valence-electron chi connectivity index (χ4n) is 1.55. The Hall–Kier alpha value is -1.55. The minimum absolute atomic E-state index is 0.0731. The Balaban J connectivity index is 2.88. The number of pyridine rings is 1. The van der Waals surface area contributed by atoms with E-state index in [-0.39, 0.29) is 5.56 Å². The lowest BCUT2D eigenvalue weighted by Gasteiger charge is -2.03. The molecule has 78 valence electrons. The lowest BCUT2D eigenvalue weighted by atomic mass is 10.3. The molecule has 2 heterocycles. The summed E-state index contributed by atoms with van der Waals surface area (Å²) in [5.74, 6) is 0. The molecule has 0 aliphatic rings. The fourth-order valence-corrected chi connectivity index (χ4v) is 1.69. The van der Waals surface area contributed by atoms with Crippen molar-refractivity contribution in [2.24, 2.45) is 7.05 Å². The van der Waals surface area contributed by atoms with Gasteiger partial charge in [-0.05, 0) is 12.1 Å². The predicted molar refractivity (Wildman–Crippen MR) is 60.2 cm³/mol. The van der Waals surface area contributed by atoms with E-state index in [1.165, 1.54) is 4.68 Å². The maximum Gasteiger partial charge on any atom is 0.275 e. The highest BCUT2D eigenvalue weighted by Crippen LogP contribution is 2.12. The molecule has 0 aliphatic carbocycles. The second-order valence-electron chi connectivity index (χ2n) is 3.20. The molecule has 0 aromatic carbocycles. The van der Waals surface area contributed by atoms with Crippen molar-refractivity contribution in [1.82, 2.24) is 14.3 Å². The quantitative estimate of drug-likeness (QED) is 0.573. The van der Waals surface area contributed by atoms with E-state index in [0.29, 0.717) is 22.7 Å². The molecule has 2 aromatic heterocycles. The average Bonchev–Trinajstić information content (AvgIpc) is 2.44. The summed E-state index contributed by atoms with van der Waals surface area (Å²) in [7, 11) is 1.70. The molecular formula is C10H10ClN3O. The normalized spacial score (nSPS) is 10.8. The molecule has 5 heteroatoms. The van der Waals surface area contributed by atoms with Gasteiger partial charge in [-0.1, -0.05) is 17.7 Å². The minimum atomic E-state index is -0.0731. The molecule has 0 radical (unpaired) electrons. The van der Waals surface area contributed by atoms with E-state index in [0.717, 1.165) is 0 Å². The molecule has 0 saturated heterocycles. The van der Waals surface area contributed by atoms with Crippen molar-refractivity contribution in [3.05, 3.63) is 40.3 Å². The highest BCUT2D eigenvalue weighted by molar-refractivity contribution is 6.29. The number of allylic oxidation sites excluding steroid dienone is 1. The van der Waals surface area contributed by atoms with E-state index in [4.69, 9.17) is 11.6 Å². The number of aromatic nitrogens is 3. The van der Waals surface area contributed by atoms with Crippen molar-refractivity contribution in [1.29, 1.82) is 0 Å². The molecule has 0 fully saturated rings. The summed E-state index contributed by atoms with van der Waals surface area (Å²) in [6.45, 7) is 4.17. The fraction of sp³-hybridized carbons (Fsp3) is 0.200. The molecule has 4 nitrogen and oxygen atoms in total. The zero-order chi connectivity index (χ0) is 11.0. The van der Waals surface area contributed by atoms with E-state index in [1.54, 1.807) is 29.9 Å². The Labute approximate surface area is 91.4 Å². The SMILES string of the molecule is C=CCn1c2nc(Cl)ccc2c(=O)n1C. The molecule has 0 atom stereocenters. The first-order valence-corrected chi connectivity index (χ1v) is 4.86.